The van der Waals surface area contributed by atoms with Gasteiger partial charge in [0.25, 0.3) is 0 Å². The molecule has 0 spiro atoms. The van der Waals surface area contributed by atoms with Crippen LogP contribution in [0.2, 0.25) is 0 Å². The summed E-state index contributed by atoms with van der Waals surface area (Å²) >= 11 is 0. The van der Waals surface area contributed by atoms with E-state index in [0.29, 0.717) is 0 Å². The molecule has 0 unspecified atom stereocenters. The first kappa shape index (κ1) is 19.7. The van der Waals surface area contributed by atoms with E-state index in [9.17, 15) is 4.79 Å². The molecule has 120 valence electrons. The van der Waals surface area contributed by atoms with Gasteiger partial charge in [-0.2, -0.15) is 0 Å². The van der Waals surface area contributed by atoms with Crippen LogP contribution < -0.4 is 4.90 Å². The molecule has 0 atom stereocenters. The Morgan fingerprint density at radius 3 is 1.86 bits per heavy atom. The zero-order chi connectivity index (χ0) is 16.3. The van der Waals surface area contributed by atoms with Gasteiger partial charge in [-0.15, -0.1) is 0 Å². The molecule has 0 heterocycles. The number of nitrogens with zero attached hydrogens (tertiary/aromatic N) is 1. The molecule has 21 heavy (non-hydrogen) atoms. The lowest BCUT2D eigenvalue weighted by Crippen LogP contribution is -2.50. The highest BCUT2D eigenvalue weighted by Crippen LogP contribution is 2.36. The molecule has 1 fully saturated rings. The van der Waals surface area contributed by atoms with Gasteiger partial charge in [0.15, 0.2) is 0 Å². The quantitative estimate of drug-likeness (QED) is 0.673. The van der Waals surface area contributed by atoms with Crippen LogP contribution in [-0.4, -0.2) is 11.4 Å². The van der Waals surface area contributed by atoms with Gasteiger partial charge < -0.3 is 4.90 Å². The van der Waals surface area contributed by atoms with Crippen molar-refractivity contribution in [3.63, 3.8) is 0 Å². The third-order valence-corrected chi connectivity index (χ3v) is 3.80. The molecular weight excluding hydrogens is 258 g/mol. The highest BCUT2D eigenvalue weighted by Gasteiger charge is 2.35. The van der Waals surface area contributed by atoms with E-state index in [1.54, 1.807) is 6.92 Å². The zero-order valence-electron chi connectivity index (χ0n) is 14.8. The number of carbonyl (C=O) groups excluding carboxylic acids is 1. The highest BCUT2D eigenvalue weighted by molar-refractivity contribution is 5.92. The molecule has 1 amide bonds. The number of rotatable bonds is 2. The molecule has 1 saturated carbocycles. The van der Waals surface area contributed by atoms with Crippen LogP contribution in [0, 0.1) is 0 Å². The Kier molecular flexibility index (Phi) is 9.77. The zero-order valence-corrected chi connectivity index (χ0v) is 14.8. The minimum Gasteiger partial charge on any atom is -0.307 e. The number of anilines is 1. The average molecular weight is 291 g/mol. The van der Waals surface area contributed by atoms with Gasteiger partial charge in [0.1, 0.15) is 0 Å². The van der Waals surface area contributed by atoms with Gasteiger partial charge in [0, 0.05) is 18.2 Å². The van der Waals surface area contributed by atoms with Gasteiger partial charge in [-0.1, -0.05) is 65.2 Å². The molecular formula is C19H33NO. The van der Waals surface area contributed by atoms with E-state index in [-0.39, 0.29) is 11.4 Å². The van der Waals surface area contributed by atoms with Gasteiger partial charge in [0.2, 0.25) is 5.91 Å². The number of benzene rings is 1. The fourth-order valence-electron chi connectivity index (χ4n) is 2.99. The van der Waals surface area contributed by atoms with E-state index in [1.807, 2.05) is 62.9 Å². The molecule has 2 heteroatoms. The van der Waals surface area contributed by atoms with Crippen LogP contribution >= 0.6 is 0 Å². The summed E-state index contributed by atoms with van der Waals surface area (Å²) < 4.78 is 0. The molecule has 0 bridgehead atoms. The van der Waals surface area contributed by atoms with Crippen LogP contribution in [0.3, 0.4) is 0 Å². The van der Waals surface area contributed by atoms with Gasteiger partial charge in [-0.05, 0) is 31.9 Å². The minimum absolute atomic E-state index is 0.00539. The highest BCUT2D eigenvalue weighted by atomic mass is 16.2. The Morgan fingerprint density at radius 2 is 1.43 bits per heavy atom. The molecule has 1 aliphatic rings. The minimum atomic E-state index is 0.00539. The summed E-state index contributed by atoms with van der Waals surface area (Å²) in [5, 5.41) is 0. The lowest BCUT2D eigenvalue weighted by atomic mass is 9.81. The monoisotopic (exact) mass is 291 g/mol. The summed E-state index contributed by atoms with van der Waals surface area (Å²) in [7, 11) is 0. The van der Waals surface area contributed by atoms with E-state index in [4.69, 9.17) is 0 Å². The van der Waals surface area contributed by atoms with E-state index in [0.717, 1.165) is 18.5 Å². The number of carbonyl (C=O) groups is 1. The van der Waals surface area contributed by atoms with E-state index in [2.05, 4.69) is 6.92 Å². The lowest BCUT2D eigenvalue weighted by molar-refractivity contribution is -0.117. The van der Waals surface area contributed by atoms with Crippen LogP contribution in [0.25, 0.3) is 0 Å². The van der Waals surface area contributed by atoms with Crippen molar-refractivity contribution in [3.8, 4) is 0 Å². The van der Waals surface area contributed by atoms with Gasteiger partial charge in [0.05, 0.1) is 0 Å². The Morgan fingerprint density at radius 1 is 0.952 bits per heavy atom. The summed E-state index contributed by atoms with van der Waals surface area (Å²) in [4.78, 5) is 14.0. The summed E-state index contributed by atoms with van der Waals surface area (Å²) in [6.07, 6.45) is 5.99. The van der Waals surface area contributed by atoms with Crippen molar-refractivity contribution in [2.45, 2.75) is 79.2 Å². The van der Waals surface area contributed by atoms with E-state index < -0.39 is 0 Å². The summed E-state index contributed by atoms with van der Waals surface area (Å²) in [5.74, 6) is 0.153. The van der Waals surface area contributed by atoms with Crippen molar-refractivity contribution in [3.05, 3.63) is 30.3 Å². The molecule has 0 N–H and O–H groups in total. The number of amides is 1. The average Bonchev–Trinajstić information content (AvgIpc) is 2.52. The Hall–Kier alpha value is -1.31. The second-order valence-electron chi connectivity index (χ2n) is 5.25. The first-order chi connectivity index (χ1) is 10.1. The fraction of sp³-hybridized carbons (Fsp3) is 0.632. The Bertz CT molecular complexity index is 380. The third-order valence-electron chi connectivity index (χ3n) is 3.80. The fourth-order valence-corrected chi connectivity index (χ4v) is 2.99. The van der Waals surface area contributed by atoms with Crippen molar-refractivity contribution >= 4 is 11.6 Å². The van der Waals surface area contributed by atoms with Crippen LogP contribution in [0.5, 0.6) is 0 Å². The van der Waals surface area contributed by atoms with Crippen LogP contribution in [0.4, 0.5) is 5.69 Å². The molecule has 0 radical (unpaired) electrons. The topological polar surface area (TPSA) is 20.3 Å². The Balaban J connectivity index is 0.000000921. The lowest BCUT2D eigenvalue weighted by Gasteiger charge is -2.43. The van der Waals surface area contributed by atoms with E-state index in [1.165, 1.54) is 19.3 Å². The van der Waals surface area contributed by atoms with Crippen LogP contribution in [-0.2, 0) is 4.79 Å². The van der Waals surface area contributed by atoms with Crippen molar-refractivity contribution in [1.82, 2.24) is 0 Å². The SMILES string of the molecule is CC.CC.CC(=O)N(c1ccccc1)C1(C)CCCCC1. The van der Waals surface area contributed by atoms with Crippen molar-refractivity contribution in [2.24, 2.45) is 0 Å². The first-order valence-corrected chi connectivity index (χ1v) is 8.49. The predicted molar refractivity (Wildman–Crippen MR) is 93.8 cm³/mol. The number of hydrogen-bond donors (Lipinski definition) is 0. The smallest absolute Gasteiger partial charge is 0.224 e. The molecule has 0 aromatic heterocycles. The van der Waals surface area contributed by atoms with E-state index >= 15 is 0 Å². The molecule has 1 aromatic rings. The maximum Gasteiger partial charge on any atom is 0.224 e. The maximum atomic E-state index is 12.0. The van der Waals surface area contributed by atoms with Crippen LogP contribution in [0.15, 0.2) is 30.3 Å². The molecule has 2 rings (SSSR count). The maximum absolute atomic E-state index is 12.0. The molecule has 2 nitrogen and oxygen atoms in total. The second kappa shape index (κ2) is 10.4. The second-order valence-corrected chi connectivity index (χ2v) is 5.25. The van der Waals surface area contributed by atoms with Crippen molar-refractivity contribution in [1.29, 1.82) is 0 Å². The molecule has 0 aliphatic heterocycles. The standard InChI is InChI=1S/C15H21NO.2C2H6/c1-13(17)16(14-9-5-3-6-10-14)15(2)11-7-4-8-12-15;2*1-2/h3,5-6,9-10H,4,7-8,11-12H2,1-2H3;2*1-2H3. The molecule has 0 saturated heterocycles. The van der Waals surface area contributed by atoms with Gasteiger partial charge >= 0.3 is 0 Å². The van der Waals surface area contributed by atoms with Gasteiger partial charge in [-0.3, -0.25) is 4.79 Å². The molecule has 1 aliphatic carbocycles. The Labute approximate surface area is 131 Å². The summed E-state index contributed by atoms with van der Waals surface area (Å²) in [5.41, 5.74) is 1.04. The first-order valence-electron chi connectivity index (χ1n) is 8.49. The molecule has 1 aromatic carbocycles. The van der Waals surface area contributed by atoms with Crippen LogP contribution in [0.1, 0.15) is 73.6 Å². The van der Waals surface area contributed by atoms with Crippen molar-refractivity contribution < 1.29 is 4.79 Å². The number of para-hydroxylation sites is 1. The third kappa shape index (κ3) is 5.53. The van der Waals surface area contributed by atoms with Gasteiger partial charge in [-0.25, -0.2) is 0 Å². The summed E-state index contributed by atoms with van der Waals surface area (Å²) in [6.45, 7) is 11.9. The normalized spacial score (nSPS) is 15.7. The largest absolute Gasteiger partial charge is 0.307 e. The summed E-state index contributed by atoms with van der Waals surface area (Å²) in [6, 6.07) is 10.0. The number of hydrogen-bond acceptors (Lipinski definition) is 1. The predicted octanol–water partition coefficient (Wildman–Crippen LogP) is 5.81. The van der Waals surface area contributed by atoms with Crippen molar-refractivity contribution in [2.75, 3.05) is 4.90 Å².